The van der Waals surface area contributed by atoms with E-state index in [1.54, 1.807) is 53.3 Å². The first kappa shape index (κ1) is 17.9. The van der Waals surface area contributed by atoms with Crippen LogP contribution in [-0.4, -0.2) is 54.9 Å². The van der Waals surface area contributed by atoms with Gasteiger partial charge in [-0.3, -0.25) is 9.59 Å². The lowest BCUT2D eigenvalue weighted by Crippen LogP contribution is -2.51. The maximum atomic E-state index is 13.2. The van der Waals surface area contributed by atoms with Crippen molar-refractivity contribution in [1.29, 1.82) is 0 Å². The van der Waals surface area contributed by atoms with E-state index in [0.717, 1.165) is 0 Å². The number of nitrogens with zero attached hydrogens (tertiary/aromatic N) is 2. The third-order valence-electron chi connectivity index (χ3n) is 4.48. The Morgan fingerprint density at radius 2 is 1.69 bits per heavy atom. The molecule has 136 valence electrons. The maximum absolute atomic E-state index is 13.2. The molecule has 2 aromatic carbocycles. The molecule has 2 amide bonds. The molecule has 1 aliphatic heterocycles. The molecule has 5 nitrogen and oxygen atoms in total. The van der Waals surface area contributed by atoms with Gasteiger partial charge in [0.2, 0.25) is 5.91 Å². The molecule has 0 saturated carbocycles. The zero-order chi connectivity index (χ0) is 18.5. The Balaban J connectivity index is 1.56. The molecule has 6 heteroatoms. The fourth-order valence-corrected chi connectivity index (χ4v) is 3.03. The van der Waals surface area contributed by atoms with Gasteiger partial charge in [-0.2, -0.15) is 0 Å². The van der Waals surface area contributed by atoms with E-state index in [2.05, 4.69) is 0 Å². The maximum Gasteiger partial charge on any atom is 0.254 e. The highest BCUT2D eigenvalue weighted by Gasteiger charge is 2.25. The molecule has 1 fully saturated rings. The fraction of sp³-hybridized carbons (Fsp3) is 0.300. The van der Waals surface area contributed by atoms with Gasteiger partial charge in [0.25, 0.3) is 5.91 Å². The Morgan fingerprint density at radius 1 is 1.00 bits per heavy atom. The number of amides is 2. The van der Waals surface area contributed by atoms with Crippen LogP contribution in [0.1, 0.15) is 15.9 Å². The van der Waals surface area contributed by atoms with E-state index in [1.807, 2.05) is 0 Å². The van der Waals surface area contributed by atoms with Crippen molar-refractivity contribution in [3.8, 4) is 5.75 Å². The summed E-state index contributed by atoms with van der Waals surface area (Å²) in [7, 11) is 1.56. The Bertz CT molecular complexity index is 801. The summed E-state index contributed by atoms with van der Waals surface area (Å²) >= 11 is 0. The third-order valence-corrected chi connectivity index (χ3v) is 4.48. The van der Waals surface area contributed by atoms with E-state index in [0.29, 0.717) is 43.1 Å². The molecule has 26 heavy (non-hydrogen) atoms. The minimum Gasteiger partial charge on any atom is -0.497 e. The summed E-state index contributed by atoms with van der Waals surface area (Å²) in [6.07, 6.45) is 0.168. The van der Waals surface area contributed by atoms with Crippen LogP contribution in [0.4, 0.5) is 4.39 Å². The van der Waals surface area contributed by atoms with Gasteiger partial charge in [-0.25, -0.2) is 4.39 Å². The molecule has 1 heterocycles. The number of ether oxygens (including phenoxy) is 1. The highest BCUT2D eigenvalue weighted by molar-refractivity contribution is 5.94. The molecule has 2 aromatic rings. The predicted molar refractivity (Wildman–Crippen MR) is 95.6 cm³/mol. The number of rotatable bonds is 4. The summed E-state index contributed by atoms with van der Waals surface area (Å²) in [6, 6.07) is 13.1. The molecule has 0 aliphatic carbocycles. The average Bonchev–Trinajstić information content (AvgIpc) is 2.67. The zero-order valence-electron chi connectivity index (χ0n) is 14.7. The van der Waals surface area contributed by atoms with Crippen LogP contribution < -0.4 is 4.74 Å². The van der Waals surface area contributed by atoms with Crippen molar-refractivity contribution in [2.75, 3.05) is 33.3 Å². The Morgan fingerprint density at radius 3 is 2.38 bits per heavy atom. The van der Waals surface area contributed by atoms with Crippen molar-refractivity contribution in [2.24, 2.45) is 0 Å². The Kier molecular flexibility index (Phi) is 5.51. The molecule has 0 bridgehead atoms. The molecule has 0 aromatic heterocycles. The fourth-order valence-electron chi connectivity index (χ4n) is 3.03. The van der Waals surface area contributed by atoms with Gasteiger partial charge in [0, 0.05) is 31.7 Å². The predicted octanol–water partition coefficient (Wildman–Crippen LogP) is 2.36. The molecule has 1 saturated heterocycles. The normalized spacial score (nSPS) is 14.2. The molecule has 3 rings (SSSR count). The van der Waals surface area contributed by atoms with E-state index in [1.165, 1.54) is 12.1 Å². The standard InChI is InChI=1S/C20H21FN2O3/c1-26-18-7-3-5-16(14-18)20(25)23-10-8-22(9-11-23)19(24)13-15-4-2-6-17(21)12-15/h2-7,12,14H,8-11,13H2,1H3. The van der Waals surface area contributed by atoms with Crippen LogP contribution in [-0.2, 0) is 11.2 Å². The smallest absolute Gasteiger partial charge is 0.254 e. The quantitative estimate of drug-likeness (QED) is 0.845. The van der Waals surface area contributed by atoms with Crippen molar-refractivity contribution in [3.63, 3.8) is 0 Å². The largest absolute Gasteiger partial charge is 0.497 e. The van der Waals surface area contributed by atoms with Gasteiger partial charge in [-0.15, -0.1) is 0 Å². The highest BCUT2D eigenvalue weighted by atomic mass is 19.1. The van der Waals surface area contributed by atoms with Gasteiger partial charge >= 0.3 is 0 Å². The van der Waals surface area contributed by atoms with E-state index in [9.17, 15) is 14.0 Å². The summed E-state index contributed by atoms with van der Waals surface area (Å²) in [5.74, 6) is 0.175. The first-order chi connectivity index (χ1) is 12.6. The van der Waals surface area contributed by atoms with Crippen molar-refractivity contribution in [3.05, 3.63) is 65.5 Å². The number of hydrogen-bond acceptors (Lipinski definition) is 3. The molecule has 0 N–H and O–H groups in total. The van der Waals surface area contributed by atoms with E-state index < -0.39 is 0 Å². The number of piperazine rings is 1. The molecule has 0 atom stereocenters. The van der Waals surface area contributed by atoms with Crippen LogP contribution in [0.3, 0.4) is 0 Å². The van der Waals surface area contributed by atoms with Crippen molar-refractivity contribution >= 4 is 11.8 Å². The monoisotopic (exact) mass is 356 g/mol. The molecule has 1 aliphatic rings. The number of benzene rings is 2. The summed E-state index contributed by atoms with van der Waals surface area (Å²) in [6.45, 7) is 1.91. The van der Waals surface area contributed by atoms with Crippen LogP contribution in [0.5, 0.6) is 5.75 Å². The number of halogens is 1. The van der Waals surface area contributed by atoms with Gasteiger partial charge in [0.15, 0.2) is 0 Å². The molecular weight excluding hydrogens is 335 g/mol. The van der Waals surface area contributed by atoms with Gasteiger partial charge in [0.1, 0.15) is 11.6 Å². The van der Waals surface area contributed by atoms with Gasteiger partial charge in [-0.1, -0.05) is 18.2 Å². The van der Waals surface area contributed by atoms with Crippen molar-refractivity contribution < 1.29 is 18.7 Å². The first-order valence-electron chi connectivity index (χ1n) is 8.52. The van der Waals surface area contributed by atoms with Gasteiger partial charge in [-0.05, 0) is 35.9 Å². The van der Waals surface area contributed by atoms with Gasteiger partial charge in [0.05, 0.1) is 13.5 Å². The number of carbonyl (C=O) groups excluding carboxylic acids is 2. The van der Waals surface area contributed by atoms with E-state index in [-0.39, 0.29) is 24.1 Å². The van der Waals surface area contributed by atoms with Crippen LogP contribution in [0, 0.1) is 5.82 Å². The molecular formula is C20H21FN2O3. The van der Waals surface area contributed by atoms with Crippen molar-refractivity contribution in [1.82, 2.24) is 9.80 Å². The molecule has 0 unspecified atom stereocenters. The summed E-state index contributed by atoms with van der Waals surface area (Å²) in [4.78, 5) is 28.4. The Labute approximate surface area is 152 Å². The lowest BCUT2D eigenvalue weighted by Gasteiger charge is -2.35. The second-order valence-electron chi connectivity index (χ2n) is 6.21. The lowest BCUT2D eigenvalue weighted by molar-refractivity contribution is -0.131. The third kappa shape index (κ3) is 4.20. The summed E-state index contributed by atoms with van der Waals surface area (Å²) in [5, 5.41) is 0. The minimum absolute atomic E-state index is 0.0518. The van der Waals surface area contributed by atoms with Crippen LogP contribution in [0.2, 0.25) is 0 Å². The topological polar surface area (TPSA) is 49.9 Å². The Hall–Kier alpha value is -2.89. The van der Waals surface area contributed by atoms with Crippen molar-refractivity contribution in [2.45, 2.75) is 6.42 Å². The summed E-state index contributed by atoms with van der Waals surface area (Å²) < 4.78 is 18.4. The molecule has 0 spiro atoms. The first-order valence-corrected chi connectivity index (χ1v) is 8.52. The second kappa shape index (κ2) is 7.99. The number of hydrogen-bond donors (Lipinski definition) is 0. The zero-order valence-corrected chi connectivity index (χ0v) is 14.7. The SMILES string of the molecule is COc1cccc(C(=O)N2CCN(C(=O)Cc3cccc(F)c3)CC2)c1. The van der Waals surface area contributed by atoms with Gasteiger partial charge < -0.3 is 14.5 Å². The van der Waals surface area contributed by atoms with Crippen LogP contribution in [0.25, 0.3) is 0 Å². The summed E-state index contributed by atoms with van der Waals surface area (Å²) in [5.41, 5.74) is 1.23. The second-order valence-corrected chi connectivity index (χ2v) is 6.21. The van der Waals surface area contributed by atoms with Crippen LogP contribution in [0.15, 0.2) is 48.5 Å². The lowest BCUT2D eigenvalue weighted by atomic mass is 10.1. The number of methoxy groups -OCH3 is 1. The van der Waals surface area contributed by atoms with E-state index in [4.69, 9.17) is 4.74 Å². The highest BCUT2D eigenvalue weighted by Crippen LogP contribution is 2.16. The number of carbonyl (C=O) groups is 2. The average molecular weight is 356 g/mol. The minimum atomic E-state index is -0.344. The van der Waals surface area contributed by atoms with E-state index >= 15 is 0 Å². The van der Waals surface area contributed by atoms with Crippen LogP contribution >= 0.6 is 0 Å². The molecule has 0 radical (unpaired) electrons.